The first-order valence-electron chi connectivity index (χ1n) is 7.18. The molecule has 0 bridgehead atoms. The first-order valence-corrected chi connectivity index (χ1v) is 7.18. The Morgan fingerprint density at radius 3 is 2.26 bits per heavy atom. The van der Waals surface area contributed by atoms with Gasteiger partial charge in [-0.25, -0.2) is 0 Å². The third kappa shape index (κ3) is 2.57. The van der Waals surface area contributed by atoms with Crippen molar-refractivity contribution in [1.82, 2.24) is 5.32 Å². The molecule has 1 saturated carbocycles. The standard InChI is InChI=1S/C18H21N/c1-2-18(19-14-15-9-5-3-6-10-15)13-17(18)16-11-7-4-8-12-16/h3-12,17,19H,2,13-14H2,1H3/t17-,18+/m0/s1. The van der Waals surface area contributed by atoms with Crippen molar-refractivity contribution < 1.29 is 0 Å². The van der Waals surface area contributed by atoms with Crippen molar-refractivity contribution in [2.24, 2.45) is 0 Å². The lowest BCUT2D eigenvalue weighted by Gasteiger charge is -2.18. The maximum atomic E-state index is 3.78. The second-order valence-corrected chi connectivity index (χ2v) is 5.52. The van der Waals surface area contributed by atoms with Gasteiger partial charge in [-0.2, -0.15) is 0 Å². The van der Waals surface area contributed by atoms with Crippen LogP contribution in [0.15, 0.2) is 60.7 Å². The molecule has 1 heteroatoms. The second kappa shape index (κ2) is 5.18. The summed E-state index contributed by atoms with van der Waals surface area (Å²) in [7, 11) is 0. The van der Waals surface area contributed by atoms with Crippen molar-refractivity contribution in [3.05, 3.63) is 71.8 Å². The van der Waals surface area contributed by atoms with Gasteiger partial charge in [-0.1, -0.05) is 67.6 Å². The third-order valence-corrected chi connectivity index (χ3v) is 4.40. The molecule has 0 heterocycles. The summed E-state index contributed by atoms with van der Waals surface area (Å²) in [6.45, 7) is 3.26. The number of nitrogens with one attached hydrogen (secondary N) is 1. The molecule has 98 valence electrons. The zero-order valence-electron chi connectivity index (χ0n) is 11.5. The molecule has 1 aliphatic rings. The van der Waals surface area contributed by atoms with E-state index >= 15 is 0 Å². The van der Waals surface area contributed by atoms with Crippen LogP contribution in [0.5, 0.6) is 0 Å². The van der Waals surface area contributed by atoms with Crippen LogP contribution in [0.2, 0.25) is 0 Å². The second-order valence-electron chi connectivity index (χ2n) is 5.52. The number of hydrogen-bond acceptors (Lipinski definition) is 1. The molecule has 0 amide bonds. The Morgan fingerprint density at radius 1 is 1.00 bits per heavy atom. The van der Waals surface area contributed by atoms with Gasteiger partial charge in [0.1, 0.15) is 0 Å². The summed E-state index contributed by atoms with van der Waals surface area (Å²) >= 11 is 0. The molecule has 1 N–H and O–H groups in total. The number of benzene rings is 2. The highest BCUT2D eigenvalue weighted by Gasteiger charge is 2.52. The molecular weight excluding hydrogens is 230 g/mol. The quantitative estimate of drug-likeness (QED) is 0.843. The zero-order valence-corrected chi connectivity index (χ0v) is 11.5. The summed E-state index contributed by atoms with van der Waals surface area (Å²) < 4.78 is 0. The van der Waals surface area contributed by atoms with E-state index in [1.54, 1.807) is 0 Å². The minimum Gasteiger partial charge on any atom is -0.307 e. The van der Waals surface area contributed by atoms with Crippen LogP contribution in [0.25, 0.3) is 0 Å². The smallest absolute Gasteiger partial charge is 0.0257 e. The topological polar surface area (TPSA) is 12.0 Å². The van der Waals surface area contributed by atoms with Crippen molar-refractivity contribution in [1.29, 1.82) is 0 Å². The molecule has 0 unspecified atom stereocenters. The molecule has 0 spiro atoms. The van der Waals surface area contributed by atoms with Gasteiger partial charge in [0, 0.05) is 18.0 Å². The minimum atomic E-state index is 0.317. The average Bonchev–Trinajstić information content (AvgIpc) is 3.23. The van der Waals surface area contributed by atoms with Crippen molar-refractivity contribution in [3.63, 3.8) is 0 Å². The summed E-state index contributed by atoms with van der Waals surface area (Å²) in [4.78, 5) is 0. The lowest BCUT2D eigenvalue weighted by Crippen LogP contribution is -2.31. The Kier molecular flexibility index (Phi) is 3.39. The molecule has 3 rings (SSSR count). The van der Waals surface area contributed by atoms with E-state index in [-0.39, 0.29) is 0 Å². The van der Waals surface area contributed by atoms with Gasteiger partial charge in [-0.15, -0.1) is 0 Å². The van der Waals surface area contributed by atoms with Crippen molar-refractivity contribution in [2.75, 3.05) is 0 Å². The van der Waals surface area contributed by atoms with E-state index in [0.29, 0.717) is 11.5 Å². The molecule has 2 aromatic rings. The molecule has 1 fully saturated rings. The zero-order chi connectivity index (χ0) is 13.1. The lowest BCUT2D eigenvalue weighted by atomic mass is 10.0. The predicted octanol–water partition coefficient (Wildman–Crippen LogP) is 4.11. The summed E-state index contributed by atoms with van der Waals surface area (Å²) in [5.41, 5.74) is 3.16. The van der Waals surface area contributed by atoms with Gasteiger partial charge in [0.25, 0.3) is 0 Å². The van der Waals surface area contributed by atoms with Crippen molar-refractivity contribution in [2.45, 2.75) is 37.8 Å². The van der Waals surface area contributed by atoms with Gasteiger partial charge < -0.3 is 5.32 Å². The number of hydrogen-bond donors (Lipinski definition) is 1. The number of rotatable bonds is 5. The maximum Gasteiger partial charge on any atom is 0.0257 e. The van der Waals surface area contributed by atoms with E-state index in [2.05, 4.69) is 72.9 Å². The molecule has 19 heavy (non-hydrogen) atoms. The van der Waals surface area contributed by atoms with Gasteiger partial charge in [0.05, 0.1) is 0 Å². The summed E-state index contributed by atoms with van der Waals surface area (Å²) in [5, 5.41) is 3.78. The summed E-state index contributed by atoms with van der Waals surface area (Å²) in [5.74, 6) is 0.683. The van der Waals surface area contributed by atoms with Gasteiger partial charge in [0.2, 0.25) is 0 Å². The van der Waals surface area contributed by atoms with Crippen LogP contribution in [-0.4, -0.2) is 5.54 Å². The van der Waals surface area contributed by atoms with Gasteiger partial charge in [-0.3, -0.25) is 0 Å². The molecule has 0 aliphatic heterocycles. The summed E-state index contributed by atoms with van der Waals surface area (Å²) in [6.07, 6.45) is 2.46. The van der Waals surface area contributed by atoms with Gasteiger partial charge in [0.15, 0.2) is 0 Å². The SMILES string of the molecule is CC[C@@]1(NCc2ccccc2)C[C@H]1c1ccccc1. The third-order valence-electron chi connectivity index (χ3n) is 4.40. The van der Waals surface area contributed by atoms with E-state index in [1.807, 2.05) is 0 Å². The van der Waals surface area contributed by atoms with Crippen LogP contribution < -0.4 is 5.32 Å². The molecule has 0 saturated heterocycles. The Balaban J connectivity index is 1.67. The van der Waals surface area contributed by atoms with Gasteiger partial charge >= 0.3 is 0 Å². The monoisotopic (exact) mass is 251 g/mol. The Morgan fingerprint density at radius 2 is 1.63 bits per heavy atom. The molecule has 2 aromatic carbocycles. The van der Waals surface area contributed by atoms with Crippen molar-refractivity contribution >= 4 is 0 Å². The van der Waals surface area contributed by atoms with E-state index in [9.17, 15) is 0 Å². The first kappa shape index (κ1) is 12.4. The van der Waals surface area contributed by atoms with Gasteiger partial charge in [-0.05, 0) is 24.0 Å². The normalized spacial score (nSPS) is 25.2. The average molecular weight is 251 g/mol. The largest absolute Gasteiger partial charge is 0.307 e. The molecule has 0 radical (unpaired) electrons. The molecule has 2 atom stereocenters. The summed E-state index contributed by atoms with van der Waals surface area (Å²) in [6, 6.07) is 21.6. The highest BCUT2D eigenvalue weighted by atomic mass is 15.0. The lowest BCUT2D eigenvalue weighted by molar-refractivity contribution is 0.468. The minimum absolute atomic E-state index is 0.317. The Bertz CT molecular complexity index is 520. The highest BCUT2D eigenvalue weighted by Crippen LogP contribution is 2.53. The van der Waals surface area contributed by atoms with Crippen LogP contribution in [-0.2, 0) is 6.54 Å². The fourth-order valence-corrected chi connectivity index (χ4v) is 3.01. The van der Waals surface area contributed by atoms with Crippen LogP contribution in [0.3, 0.4) is 0 Å². The Hall–Kier alpha value is -1.60. The fraction of sp³-hybridized carbons (Fsp3) is 0.333. The first-order chi connectivity index (χ1) is 9.34. The molecular formula is C18H21N. The Labute approximate surface area is 115 Å². The van der Waals surface area contributed by atoms with E-state index in [0.717, 1.165) is 6.54 Å². The van der Waals surface area contributed by atoms with Crippen molar-refractivity contribution in [3.8, 4) is 0 Å². The van der Waals surface area contributed by atoms with Crippen LogP contribution in [0, 0.1) is 0 Å². The van der Waals surface area contributed by atoms with Crippen LogP contribution in [0.1, 0.15) is 36.8 Å². The maximum absolute atomic E-state index is 3.78. The fourth-order valence-electron chi connectivity index (χ4n) is 3.01. The van der Waals surface area contributed by atoms with E-state index in [1.165, 1.54) is 24.0 Å². The predicted molar refractivity (Wildman–Crippen MR) is 80.1 cm³/mol. The van der Waals surface area contributed by atoms with Crippen LogP contribution in [0.4, 0.5) is 0 Å². The molecule has 0 aromatic heterocycles. The van der Waals surface area contributed by atoms with E-state index in [4.69, 9.17) is 0 Å². The van der Waals surface area contributed by atoms with E-state index < -0.39 is 0 Å². The van der Waals surface area contributed by atoms with Crippen LogP contribution >= 0.6 is 0 Å². The molecule has 1 nitrogen and oxygen atoms in total. The highest BCUT2D eigenvalue weighted by molar-refractivity contribution is 5.33. The molecule has 1 aliphatic carbocycles.